The molecule has 1 aliphatic heterocycles. The Labute approximate surface area is 114 Å². The lowest BCUT2D eigenvalue weighted by Gasteiger charge is -2.35. The Hall–Kier alpha value is -1.35. The Morgan fingerprint density at radius 3 is 2.95 bits per heavy atom. The monoisotopic (exact) mass is 258 g/mol. The number of carbonyl (C=O) groups is 1. The third kappa shape index (κ3) is 2.52. The molecule has 3 nitrogen and oxygen atoms in total. The van der Waals surface area contributed by atoms with Crippen LogP contribution in [0.2, 0.25) is 0 Å². The van der Waals surface area contributed by atoms with Gasteiger partial charge in [-0.3, -0.25) is 4.79 Å². The van der Waals surface area contributed by atoms with Crippen molar-refractivity contribution >= 4 is 11.6 Å². The molecule has 1 heterocycles. The number of amides is 1. The molecular formula is C16H22N2O. The van der Waals surface area contributed by atoms with E-state index in [1.807, 2.05) is 0 Å². The van der Waals surface area contributed by atoms with Crippen molar-refractivity contribution in [1.82, 2.24) is 5.32 Å². The molecule has 1 amide bonds. The molecule has 0 aromatic heterocycles. The summed E-state index contributed by atoms with van der Waals surface area (Å²) in [7, 11) is 0. The third-order valence-corrected chi connectivity index (χ3v) is 4.35. The highest BCUT2D eigenvalue weighted by Crippen LogP contribution is 2.39. The minimum Gasteiger partial charge on any atom is -0.326 e. The fraction of sp³-hybridized carbons (Fsp3) is 0.562. The first-order valence-corrected chi connectivity index (χ1v) is 7.44. The number of rotatable bonds is 5. The number of carbonyl (C=O) groups excluding carboxylic acids is 1. The van der Waals surface area contributed by atoms with Crippen LogP contribution in [0.1, 0.15) is 49.8 Å². The maximum Gasteiger partial charge on any atom is 0.228 e. The molecule has 1 aromatic carbocycles. The van der Waals surface area contributed by atoms with Crippen LogP contribution in [-0.4, -0.2) is 12.5 Å². The summed E-state index contributed by atoms with van der Waals surface area (Å²) in [5, 5.41) is 6.59. The first-order valence-electron chi connectivity index (χ1n) is 7.44. The molecule has 0 saturated heterocycles. The van der Waals surface area contributed by atoms with Gasteiger partial charge in [-0.15, -0.1) is 0 Å². The van der Waals surface area contributed by atoms with E-state index in [0.29, 0.717) is 12.5 Å². The third-order valence-electron chi connectivity index (χ3n) is 4.35. The van der Waals surface area contributed by atoms with E-state index in [4.69, 9.17) is 0 Å². The maximum absolute atomic E-state index is 11.4. The zero-order valence-corrected chi connectivity index (χ0v) is 11.5. The highest BCUT2D eigenvalue weighted by atomic mass is 16.1. The van der Waals surface area contributed by atoms with Crippen molar-refractivity contribution in [3.8, 4) is 0 Å². The zero-order chi connectivity index (χ0) is 13.2. The molecule has 1 saturated carbocycles. The standard InChI is InChI=1S/C16H22N2O/c1-2-8-17-16(11-4-3-5-11)12-6-7-14-13(9-12)10-15(19)18-14/h6-7,9,11,16-17H,2-5,8,10H2,1H3,(H,18,19). The number of nitrogens with one attached hydrogen (secondary N) is 2. The number of anilines is 1. The highest BCUT2D eigenvalue weighted by Gasteiger charge is 2.29. The van der Waals surface area contributed by atoms with Crippen LogP contribution in [0.15, 0.2) is 18.2 Å². The molecule has 2 aliphatic rings. The lowest BCUT2D eigenvalue weighted by molar-refractivity contribution is -0.115. The summed E-state index contributed by atoms with van der Waals surface area (Å²) in [5.74, 6) is 0.892. The van der Waals surface area contributed by atoms with Gasteiger partial charge >= 0.3 is 0 Å². The average Bonchev–Trinajstić information content (AvgIpc) is 2.70. The molecule has 102 valence electrons. The van der Waals surface area contributed by atoms with Crippen LogP contribution in [0.25, 0.3) is 0 Å². The van der Waals surface area contributed by atoms with Gasteiger partial charge in [-0.2, -0.15) is 0 Å². The van der Waals surface area contributed by atoms with E-state index in [2.05, 4.69) is 35.8 Å². The second kappa shape index (κ2) is 5.33. The summed E-state index contributed by atoms with van der Waals surface area (Å²) in [6, 6.07) is 6.93. The fourth-order valence-electron chi connectivity index (χ4n) is 3.07. The van der Waals surface area contributed by atoms with Gasteiger partial charge in [-0.1, -0.05) is 25.5 Å². The van der Waals surface area contributed by atoms with E-state index >= 15 is 0 Å². The molecule has 1 fully saturated rings. The predicted molar refractivity (Wildman–Crippen MR) is 77.2 cm³/mol. The van der Waals surface area contributed by atoms with Crippen molar-refractivity contribution in [1.29, 1.82) is 0 Å². The van der Waals surface area contributed by atoms with E-state index in [1.165, 1.54) is 24.8 Å². The molecule has 1 unspecified atom stereocenters. The molecule has 1 aliphatic carbocycles. The van der Waals surface area contributed by atoms with Crippen molar-refractivity contribution < 1.29 is 4.79 Å². The van der Waals surface area contributed by atoms with Crippen LogP contribution in [0.5, 0.6) is 0 Å². The number of fused-ring (bicyclic) bond motifs is 1. The Bertz CT molecular complexity index is 480. The van der Waals surface area contributed by atoms with E-state index < -0.39 is 0 Å². The van der Waals surface area contributed by atoms with Crippen molar-refractivity contribution in [2.75, 3.05) is 11.9 Å². The maximum atomic E-state index is 11.4. The van der Waals surface area contributed by atoms with Crippen LogP contribution in [-0.2, 0) is 11.2 Å². The molecular weight excluding hydrogens is 236 g/mol. The van der Waals surface area contributed by atoms with Crippen LogP contribution in [0, 0.1) is 5.92 Å². The van der Waals surface area contributed by atoms with Crippen LogP contribution in [0.4, 0.5) is 5.69 Å². The lowest BCUT2D eigenvalue weighted by atomic mass is 9.77. The van der Waals surface area contributed by atoms with Crippen LogP contribution < -0.4 is 10.6 Å². The van der Waals surface area contributed by atoms with E-state index in [0.717, 1.165) is 30.1 Å². The Balaban J connectivity index is 1.81. The second-order valence-electron chi connectivity index (χ2n) is 5.76. The largest absolute Gasteiger partial charge is 0.326 e. The zero-order valence-electron chi connectivity index (χ0n) is 11.5. The summed E-state index contributed by atoms with van der Waals surface area (Å²) < 4.78 is 0. The summed E-state index contributed by atoms with van der Waals surface area (Å²) in [6.07, 6.45) is 5.72. The lowest BCUT2D eigenvalue weighted by Crippen LogP contribution is -2.32. The highest BCUT2D eigenvalue weighted by molar-refractivity contribution is 5.99. The number of benzene rings is 1. The smallest absolute Gasteiger partial charge is 0.228 e. The van der Waals surface area contributed by atoms with Crippen molar-refractivity contribution in [3.63, 3.8) is 0 Å². The second-order valence-corrected chi connectivity index (χ2v) is 5.76. The van der Waals surface area contributed by atoms with E-state index in [-0.39, 0.29) is 5.91 Å². The minimum atomic E-state index is 0.119. The van der Waals surface area contributed by atoms with Gasteiger partial charge in [0.15, 0.2) is 0 Å². The first kappa shape index (κ1) is 12.7. The van der Waals surface area contributed by atoms with Gasteiger partial charge < -0.3 is 10.6 Å². The van der Waals surface area contributed by atoms with Gasteiger partial charge in [0.2, 0.25) is 5.91 Å². The van der Waals surface area contributed by atoms with Crippen LogP contribution in [0.3, 0.4) is 0 Å². The fourth-order valence-corrected chi connectivity index (χ4v) is 3.07. The predicted octanol–water partition coefficient (Wildman–Crippen LogP) is 3.02. The quantitative estimate of drug-likeness (QED) is 0.852. The topological polar surface area (TPSA) is 41.1 Å². The van der Waals surface area contributed by atoms with Crippen molar-refractivity contribution in [3.05, 3.63) is 29.3 Å². The molecule has 19 heavy (non-hydrogen) atoms. The van der Waals surface area contributed by atoms with Crippen molar-refractivity contribution in [2.24, 2.45) is 5.92 Å². The summed E-state index contributed by atoms with van der Waals surface area (Å²) >= 11 is 0. The summed E-state index contributed by atoms with van der Waals surface area (Å²) in [6.45, 7) is 3.27. The summed E-state index contributed by atoms with van der Waals surface area (Å²) in [4.78, 5) is 11.4. The van der Waals surface area contributed by atoms with Gasteiger partial charge in [-0.05, 0) is 48.9 Å². The van der Waals surface area contributed by atoms with Gasteiger partial charge in [0.25, 0.3) is 0 Å². The Morgan fingerprint density at radius 1 is 1.42 bits per heavy atom. The van der Waals surface area contributed by atoms with Gasteiger partial charge in [0.05, 0.1) is 6.42 Å². The minimum absolute atomic E-state index is 0.119. The Kier molecular flexibility index (Phi) is 3.56. The first-order chi connectivity index (χ1) is 9.28. The molecule has 3 rings (SSSR count). The number of hydrogen-bond acceptors (Lipinski definition) is 2. The molecule has 1 atom stereocenters. The SMILES string of the molecule is CCCNC(c1ccc2c(c1)CC(=O)N2)C1CCC1. The van der Waals surface area contributed by atoms with Gasteiger partial charge in [-0.25, -0.2) is 0 Å². The molecule has 2 N–H and O–H groups in total. The van der Waals surface area contributed by atoms with Gasteiger partial charge in [0.1, 0.15) is 0 Å². The normalized spacial score (nSPS) is 19.7. The summed E-state index contributed by atoms with van der Waals surface area (Å²) in [5.41, 5.74) is 3.51. The van der Waals surface area contributed by atoms with Crippen LogP contribution >= 0.6 is 0 Å². The van der Waals surface area contributed by atoms with E-state index in [1.54, 1.807) is 0 Å². The molecule has 1 aromatic rings. The van der Waals surface area contributed by atoms with Gasteiger partial charge in [0, 0.05) is 11.7 Å². The van der Waals surface area contributed by atoms with Crippen molar-refractivity contribution in [2.45, 2.75) is 45.1 Å². The number of hydrogen-bond donors (Lipinski definition) is 2. The molecule has 0 radical (unpaired) electrons. The Morgan fingerprint density at radius 2 is 2.26 bits per heavy atom. The molecule has 0 bridgehead atoms. The van der Waals surface area contributed by atoms with E-state index in [9.17, 15) is 4.79 Å². The molecule has 3 heteroatoms. The molecule has 0 spiro atoms. The average molecular weight is 258 g/mol.